The summed E-state index contributed by atoms with van der Waals surface area (Å²) in [6, 6.07) is 0. The molecule has 0 amide bonds. The van der Waals surface area contributed by atoms with Gasteiger partial charge in [-0.2, -0.15) is 8.42 Å². The molecule has 0 aromatic rings. The van der Waals surface area contributed by atoms with E-state index in [1.807, 2.05) is 0 Å². The van der Waals surface area contributed by atoms with Crippen LogP contribution >= 0.6 is 24.3 Å². The van der Waals surface area contributed by atoms with E-state index in [1.165, 1.54) is 12.0 Å². The van der Waals surface area contributed by atoms with Crippen LogP contribution in [0.4, 0.5) is 0 Å². The minimum Gasteiger partial charge on any atom is -0.468 e. The van der Waals surface area contributed by atoms with Crippen LogP contribution in [0.15, 0.2) is 0 Å². The Morgan fingerprint density at radius 1 is 1.62 bits per heavy atom. The summed E-state index contributed by atoms with van der Waals surface area (Å²) in [6.07, 6.45) is 0.623. The summed E-state index contributed by atoms with van der Waals surface area (Å²) < 4.78 is 39.2. The molecule has 0 aliphatic carbocycles. The van der Waals surface area contributed by atoms with Gasteiger partial charge in [0.15, 0.2) is 0 Å². The van der Waals surface area contributed by atoms with Gasteiger partial charge in [0.25, 0.3) is 5.17 Å². The zero-order valence-corrected chi connectivity index (χ0v) is 10.8. The predicted molar refractivity (Wildman–Crippen MR) is 62.1 cm³/mol. The highest BCUT2D eigenvalue weighted by atomic mass is 32.2. The van der Waals surface area contributed by atoms with Crippen molar-refractivity contribution in [3.8, 4) is 0 Å². The average Bonchev–Trinajstić information content (AvgIpc) is 2.85. The van der Waals surface area contributed by atoms with Gasteiger partial charge in [0.1, 0.15) is 6.61 Å². The van der Waals surface area contributed by atoms with E-state index in [0.29, 0.717) is 0 Å². The average molecular weight is 285 g/mol. The highest BCUT2D eigenvalue weighted by Gasteiger charge is 2.32. The first kappa shape index (κ1) is 12.4. The lowest BCUT2D eigenvalue weighted by Crippen LogP contribution is -2.34. The lowest BCUT2D eigenvalue weighted by atomic mass is 10.3. The Kier molecular flexibility index (Phi) is 3.90. The van der Waals surface area contributed by atoms with Gasteiger partial charge in [0.05, 0.1) is 19.3 Å². The molecular formula is C7H11NO5S3. The fourth-order valence-corrected chi connectivity index (χ4v) is 3.52. The number of rotatable bonds is 4. The fourth-order valence-electron chi connectivity index (χ4n) is 1.29. The van der Waals surface area contributed by atoms with Crippen LogP contribution in [-0.2, 0) is 23.4 Å². The van der Waals surface area contributed by atoms with Crippen molar-refractivity contribution in [3.63, 3.8) is 0 Å². The number of nitrogens with zero attached hydrogens (tertiary/aromatic N) is 1. The molecule has 2 fully saturated rings. The molecule has 0 spiro atoms. The van der Waals surface area contributed by atoms with Gasteiger partial charge < -0.3 is 8.92 Å². The van der Waals surface area contributed by atoms with Gasteiger partial charge in [0, 0.05) is 5.75 Å². The zero-order valence-electron chi connectivity index (χ0n) is 8.33. The van der Waals surface area contributed by atoms with E-state index in [-0.39, 0.29) is 31.0 Å². The summed E-state index contributed by atoms with van der Waals surface area (Å²) in [7, 11) is -3.82. The topological polar surface area (TPSA) is 65.1 Å². The van der Waals surface area contributed by atoms with Crippen molar-refractivity contribution < 1.29 is 21.5 Å². The van der Waals surface area contributed by atoms with Crippen LogP contribution in [0, 0.1) is 0 Å². The fraction of sp³-hybridized carbons (Fsp3) is 0.857. The molecule has 16 heavy (non-hydrogen) atoms. The first-order valence-electron chi connectivity index (χ1n) is 4.72. The second kappa shape index (κ2) is 5.05. The molecule has 9 heteroatoms. The summed E-state index contributed by atoms with van der Waals surface area (Å²) in [6.45, 7) is 0.507. The third kappa shape index (κ3) is 2.77. The molecule has 1 atom stereocenters. The van der Waals surface area contributed by atoms with Crippen LogP contribution in [0.5, 0.6) is 0 Å². The number of thiocarbonyl (C=S) groups is 1. The van der Waals surface area contributed by atoms with E-state index in [1.54, 1.807) is 0 Å². The van der Waals surface area contributed by atoms with Gasteiger partial charge >= 0.3 is 10.3 Å². The Morgan fingerprint density at radius 3 is 3.00 bits per heavy atom. The third-order valence-electron chi connectivity index (χ3n) is 2.12. The van der Waals surface area contributed by atoms with Gasteiger partial charge in [0.2, 0.25) is 0 Å². The number of hydrogen-bond donors (Lipinski definition) is 0. The Bertz CT molecular complexity index is 364. The smallest absolute Gasteiger partial charge is 0.365 e. The summed E-state index contributed by atoms with van der Waals surface area (Å²) in [4.78, 5) is 0. The molecule has 0 radical (unpaired) electrons. The van der Waals surface area contributed by atoms with E-state index in [4.69, 9.17) is 25.3 Å². The molecule has 1 unspecified atom stereocenters. The highest BCUT2D eigenvalue weighted by molar-refractivity contribution is 7.94. The Balaban J connectivity index is 1.89. The molecule has 2 heterocycles. The molecule has 0 saturated carbocycles. The maximum atomic E-state index is 11.7. The maximum Gasteiger partial charge on any atom is 0.365 e. The second-order valence-corrected chi connectivity index (χ2v) is 5.98. The summed E-state index contributed by atoms with van der Waals surface area (Å²) in [5.74, 6) is 0.860. The summed E-state index contributed by atoms with van der Waals surface area (Å²) in [5, 5.41) is -0.0540. The van der Waals surface area contributed by atoms with Crippen molar-refractivity contribution in [1.29, 1.82) is 0 Å². The molecule has 92 valence electrons. The molecule has 0 aromatic heterocycles. The molecule has 0 N–H and O–H groups in total. The van der Waals surface area contributed by atoms with Crippen molar-refractivity contribution in [2.75, 3.05) is 25.5 Å². The third-order valence-corrected chi connectivity index (χ3v) is 4.71. The van der Waals surface area contributed by atoms with Crippen LogP contribution in [0.2, 0.25) is 0 Å². The molecule has 2 saturated heterocycles. The van der Waals surface area contributed by atoms with Gasteiger partial charge in [-0.25, -0.2) is 4.31 Å². The Hall–Kier alpha value is -0.0900. The zero-order chi connectivity index (χ0) is 11.6. The maximum absolute atomic E-state index is 11.7. The normalized spacial score (nSPS) is 26.1. The van der Waals surface area contributed by atoms with Gasteiger partial charge in [-0.3, -0.25) is 4.18 Å². The number of ether oxygens (including phenoxy) is 1. The van der Waals surface area contributed by atoms with Crippen molar-refractivity contribution in [2.45, 2.75) is 12.5 Å². The number of hydrogen-bond acceptors (Lipinski definition) is 7. The summed E-state index contributed by atoms with van der Waals surface area (Å²) >= 11 is 6.07. The lowest BCUT2D eigenvalue weighted by Gasteiger charge is -2.16. The minimum atomic E-state index is -3.82. The van der Waals surface area contributed by atoms with Crippen molar-refractivity contribution in [2.24, 2.45) is 0 Å². The largest absolute Gasteiger partial charge is 0.468 e. The van der Waals surface area contributed by atoms with E-state index in [2.05, 4.69) is 0 Å². The standard InChI is InChI=1S/C7H11NO5S3/c9-16(10,8-2-3-11-7(8)14)12-5-6-1-4-15-13-6/h6H,1-5H2. The van der Waals surface area contributed by atoms with Crippen molar-refractivity contribution in [1.82, 2.24) is 4.31 Å². The van der Waals surface area contributed by atoms with Crippen LogP contribution in [-0.4, -0.2) is 49.5 Å². The molecule has 0 aromatic carbocycles. The molecule has 2 rings (SSSR count). The molecular weight excluding hydrogens is 274 g/mol. The van der Waals surface area contributed by atoms with Crippen molar-refractivity contribution in [3.05, 3.63) is 0 Å². The molecule has 0 bridgehead atoms. The highest BCUT2D eigenvalue weighted by Crippen LogP contribution is 2.22. The quantitative estimate of drug-likeness (QED) is 0.544. The van der Waals surface area contributed by atoms with E-state index in [9.17, 15) is 8.42 Å². The Morgan fingerprint density at radius 2 is 2.44 bits per heavy atom. The van der Waals surface area contributed by atoms with E-state index >= 15 is 0 Å². The van der Waals surface area contributed by atoms with Gasteiger partial charge in [-0.1, -0.05) is 0 Å². The molecule has 2 aliphatic rings. The SMILES string of the molecule is O=S(=O)(OCC1CCSO1)N1CCOC1=S. The predicted octanol–water partition coefficient (Wildman–Crippen LogP) is 0.302. The monoisotopic (exact) mass is 285 g/mol. The molecule has 6 nitrogen and oxygen atoms in total. The molecule has 2 aliphatic heterocycles. The van der Waals surface area contributed by atoms with E-state index in [0.717, 1.165) is 16.5 Å². The van der Waals surface area contributed by atoms with Crippen molar-refractivity contribution >= 4 is 39.7 Å². The van der Waals surface area contributed by atoms with Crippen LogP contribution in [0.25, 0.3) is 0 Å². The first-order valence-corrected chi connectivity index (χ1v) is 7.40. The lowest BCUT2D eigenvalue weighted by molar-refractivity contribution is 0.160. The van der Waals surface area contributed by atoms with Crippen LogP contribution < -0.4 is 0 Å². The Labute approximate surface area is 104 Å². The second-order valence-electron chi connectivity index (χ2n) is 3.26. The first-order chi connectivity index (χ1) is 7.59. The summed E-state index contributed by atoms with van der Waals surface area (Å²) in [5.41, 5.74) is 0. The van der Waals surface area contributed by atoms with E-state index < -0.39 is 10.3 Å². The van der Waals surface area contributed by atoms with Gasteiger partial charge in [-0.15, -0.1) is 0 Å². The van der Waals surface area contributed by atoms with Gasteiger partial charge in [-0.05, 0) is 30.7 Å². The van der Waals surface area contributed by atoms with Crippen LogP contribution in [0.3, 0.4) is 0 Å². The van der Waals surface area contributed by atoms with Crippen LogP contribution in [0.1, 0.15) is 6.42 Å². The minimum absolute atomic E-state index is 0.0223.